The maximum atomic E-state index is 10.3. The molecule has 0 spiro atoms. The largest absolute Gasteiger partial charge is 0.396 e. The molecule has 17 nitrogen and oxygen atoms in total. The van der Waals surface area contributed by atoms with Crippen molar-refractivity contribution in [3.63, 3.8) is 0 Å². The first-order valence-corrected chi connectivity index (χ1v) is 12.7. The van der Waals surface area contributed by atoms with Gasteiger partial charge in [0.1, 0.15) is 67.1 Å². The van der Waals surface area contributed by atoms with Crippen LogP contribution in [0.25, 0.3) is 0 Å². The smallest absolute Gasteiger partial charge is 0.192 e. The predicted molar refractivity (Wildman–Crippen MR) is 121 cm³/mol. The van der Waals surface area contributed by atoms with E-state index in [-0.39, 0.29) is 13.2 Å². The summed E-state index contributed by atoms with van der Waals surface area (Å²) in [5.41, 5.74) is 0. The van der Waals surface area contributed by atoms with Crippen molar-refractivity contribution in [2.75, 3.05) is 26.4 Å². The summed E-state index contributed by atoms with van der Waals surface area (Å²) in [4.78, 5) is 0. The summed E-state index contributed by atoms with van der Waals surface area (Å²) < 4.78 is 32.2. The highest BCUT2D eigenvalue weighted by Gasteiger charge is 2.51. The third-order valence-corrected chi connectivity index (χ3v) is 6.82. The number of hydrogen-bond donors (Lipinski definition) is 11. The van der Waals surface area contributed by atoms with Crippen molar-refractivity contribution in [1.82, 2.24) is 0 Å². The summed E-state index contributed by atoms with van der Waals surface area (Å²) in [5, 5.41) is 110. The van der Waals surface area contributed by atoms with Crippen molar-refractivity contribution < 1.29 is 84.6 Å². The summed E-state index contributed by atoms with van der Waals surface area (Å²) >= 11 is 0. The van der Waals surface area contributed by atoms with Crippen LogP contribution in [0, 0.1) is 0 Å². The van der Waals surface area contributed by atoms with Gasteiger partial charge in [0.2, 0.25) is 0 Å². The minimum atomic E-state index is -1.90. The Balaban J connectivity index is 1.59. The Morgan fingerprint density at radius 3 is 1.54 bits per heavy atom. The minimum Gasteiger partial charge on any atom is -0.396 e. The molecule has 3 rings (SSSR count). The van der Waals surface area contributed by atoms with Crippen molar-refractivity contribution in [2.24, 2.45) is 0 Å². The van der Waals surface area contributed by atoms with Crippen molar-refractivity contribution in [2.45, 2.75) is 112 Å². The van der Waals surface area contributed by atoms with Gasteiger partial charge >= 0.3 is 0 Å². The van der Waals surface area contributed by atoms with E-state index in [1.54, 1.807) is 0 Å². The average Bonchev–Trinajstić information content (AvgIpc) is 2.93. The van der Waals surface area contributed by atoms with Gasteiger partial charge in [0.25, 0.3) is 0 Å². The lowest BCUT2D eigenvalue weighted by atomic mass is 9.99. The number of ether oxygens (including phenoxy) is 6. The van der Waals surface area contributed by atoms with Gasteiger partial charge in [-0.15, -0.1) is 0 Å². The van der Waals surface area contributed by atoms with Gasteiger partial charge in [0, 0.05) is 13.2 Å². The topological polar surface area (TPSA) is 278 Å². The van der Waals surface area contributed by atoms with E-state index in [2.05, 4.69) is 0 Å². The fourth-order valence-electron chi connectivity index (χ4n) is 4.35. The Morgan fingerprint density at radius 2 is 0.949 bits per heavy atom. The van der Waals surface area contributed by atoms with Gasteiger partial charge in [-0.3, -0.25) is 0 Å². The molecule has 0 amide bonds. The lowest BCUT2D eigenvalue weighted by Crippen LogP contribution is -2.64. The zero-order valence-electron chi connectivity index (χ0n) is 21.0. The average molecular weight is 577 g/mol. The second kappa shape index (κ2) is 15.0. The zero-order valence-corrected chi connectivity index (χ0v) is 21.0. The van der Waals surface area contributed by atoms with Gasteiger partial charge in [0.05, 0.1) is 13.2 Å². The van der Waals surface area contributed by atoms with E-state index >= 15 is 0 Å². The summed E-state index contributed by atoms with van der Waals surface area (Å²) in [6, 6.07) is 0. The second-order valence-electron chi connectivity index (χ2n) is 9.68. The van der Waals surface area contributed by atoms with Gasteiger partial charge in [-0.2, -0.15) is 0 Å². The Morgan fingerprint density at radius 1 is 0.462 bits per heavy atom. The van der Waals surface area contributed by atoms with Crippen LogP contribution in [0.4, 0.5) is 0 Å². The Kier molecular flexibility index (Phi) is 12.6. The molecule has 0 aromatic carbocycles. The molecule has 230 valence electrons. The molecule has 0 aliphatic carbocycles. The maximum Gasteiger partial charge on any atom is 0.192 e. The summed E-state index contributed by atoms with van der Waals surface area (Å²) in [7, 11) is 0. The highest BCUT2D eigenvalue weighted by atomic mass is 16.8. The number of aliphatic hydroxyl groups excluding tert-OH is 11. The lowest BCUT2D eigenvalue weighted by molar-refractivity contribution is -0.402. The third kappa shape index (κ3) is 7.79. The number of rotatable bonds is 12. The summed E-state index contributed by atoms with van der Waals surface area (Å²) in [5.74, 6) is 0. The van der Waals surface area contributed by atoms with Gasteiger partial charge in [0.15, 0.2) is 25.2 Å². The molecule has 11 N–H and O–H groups in total. The SMILES string of the molecule is OCCCCCOC1OC(COC2OC(OC3OC(CO)C(O)C(O)C3O)C(O)C(O)C2O)C(O)C(O)C1O. The maximum absolute atomic E-state index is 10.3. The van der Waals surface area contributed by atoms with E-state index < -0.39 is 106 Å². The zero-order chi connectivity index (χ0) is 28.9. The van der Waals surface area contributed by atoms with Crippen molar-refractivity contribution >= 4 is 0 Å². The van der Waals surface area contributed by atoms with Crippen molar-refractivity contribution in [3.05, 3.63) is 0 Å². The van der Waals surface area contributed by atoms with Crippen LogP contribution in [0.2, 0.25) is 0 Å². The normalized spacial score (nSPS) is 47.3. The predicted octanol–water partition coefficient (Wildman–Crippen LogP) is -6.43. The van der Waals surface area contributed by atoms with E-state index in [4.69, 9.17) is 33.5 Å². The standard InChI is InChI=1S/C22H40O17/c23-4-2-1-3-5-34-19-15(30)13(28)11(26)9(37-19)7-35-20-16(31)14(29)18(33)22(38-20)39-21-17(32)12(27)10(25)8(6-24)36-21/h8-33H,1-7H2. The van der Waals surface area contributed by atoms with E-state index in [0.717, 1.165) is 0 Å². The minimum absolute atomic E-state index is 0.0160. The Bertz CT molecular complexity index is 716. The van der Waals surface area contributed by atoms with Crippen LogP contribution in [0.5, 0.6) is 0 Å². The molecule has 0 aromatic heterocycles. The van der Waals surface area contributed by atoms with Crippen molar-refractivity contribution in [1.29, 1.82) is 0 Å². The summed E-state index contributed by atoms with van der Waals surface area (Å²) in [6.07, 6.45) is -23.3. The molecule has 3 saturated heterocycles. The molecule has 3 aliphatic heterocycles. The van der Waals surface area contributed by atoms with E-state index in [0.29, 0.717) is 19.3 Å². The molecule has 15 atom stereocenters. The first kappa shape index (κ1) is 32.8. The van der Waals surface area contributed by atoms with E-state index in [9.17, 15) is 51.1 Å². The number of hydrogen-bond acceptors (Lipinski definition) is 17. The van der Waals surface area contributed by atoms with Crippen molar-refractivity contribution in [3.8, 4) is 0 Å². The molecule has 15 unspecified atom stereocenters. The van der Waals surface area contributed by atoms with E-state index in [1.807, 2.05) is 0 Å². The van der Waals surface area contributed by atoms with Crippen LogP contribution in [0.1, 0.15) is 19.3 Å². The molecule has 0 saturated carbocycles. The molecule has 0 radical (unpaired) electrons. The molecule has 0 bridgehead atoms. The van der Waals surface area contributed by atoms with Crippen LogP contribution in [0.15, 0.2) is 0 Å². The molecule has 3 fully saturated rings. The molecular weight excluding hydrogens is 536 g/mol. The molecule has 0 aromatic rings. The fraction of sp³-hybridized carbons (Fsp3) is 1.00. The quantitative estimate of drug-likeness (QED) is 0.0963. The molecule has 17 heteroatoms. The van der Waals surface area contributed by atoms with Gasteiger partial charge in [-0.1, -0.05) is 0 Å². The van der Waals surface area contributed by atoms with Crippen LogP contribution in [0.3, 0.4) is 0 Å². The van der Waals surface area contributed by atoms with E-state index in [1.165, 1.54) is 0 Å². The lowest BCUT2D eigenvalue weighted by Gasteiger charge is -2.45. The highest BCUT2D eigenvalue weighted by Crippen LogP contribution is 2.29. The van der Waals surface area contributed by atoms with Crippen LogP contribution < -0.4 is 0 Å². The van der Waals surface area contributed by atoms with Gasteiger partial charge < -0.3 is 84.6 Å². The highest BCUT2D eigenvalue weighted by molar-refractivity contribution is 4.92. The Labute approximate surface area is 223 Å². The van der Waals surface area contributed by atoms with Gasteiger partial charge in [-0.25, -0.2) is 0 Å². The number of aliphatic hydroxyl groups is 11. The third-order valence-electron chi connectivity index (χ3n) is 6.82. The fourth-order valence-corrected chi connectivity index (χ4v) is 4.35. The molecule has 3 heterocycles. The number of unbranched alkanes of at least 4 members (excludes halogenated alkanes) is 2. The second-order valence-corrected chi connectivity index (χ2v) is 9.68. The Hall–Kier alpha value is -0.680. The van der Waals surface area contributed by atoms with Crippen LogP contribution in [-0.2, 0) is 28.4 Å². The molecule has 39 heavy (non-hydrogen) atoms. The summed E-state index contributed by atoms with van der Waals surface area (Å²) in [6.45, 7) is -1.16. The molecular formula is C22H40O17. The van der Waals surface area contributed by atoms with Crippen LogP contribution >= 0.6 is 0 Å². The first-order chi connectivity index (χ1) is 18.5. The monoisotopic (exact) mass is 576 g/mol. The van der Waals surface area contributed by atoms with Gasteiger partial charge in [-0.05, 0) is 19.3 Å². The van der Waals surface area contributed by atoms with Crippen LogP contribution in [-0.4, -0.2) is 175 Å². The first-order valence-electron chi connectivity index (χ1n) is 12.7. The molecule has 3 aliphatic rings.